The minimum atomic E-state index is -0.813. The molecule has 0 heterocycles. The van der Waals surface area contributed by atoms with Gasteiger partial charge in [-0.1, -0.05) is 84.9 Å². The van der Waals surface area contributed by atoms with Gasteiger partial charge in [-0.15, -0.1) is 0 Å². The fraction of sp³-hybridized carbons (Fsp3) is 0.200. The summed E-state index contributed by atoms with van der Waals surface area (Å²) in [6, 6.07) is 26.3. The third-order valence-electron chi connectivity index (χ3n) is 4.88. The number of carbonyl (C=O) groups is 2. The minimum absolute atomic E-state index is 0.318. The van der Waals surface area contributed by atoms with Crippen LogP contribution in [0.25, 0.3) is 11.1 Å². The van der Waals surface area contributed by atoms with Gasteiger partial charge in [0.1, 0.15) is 6.04 Å². The first-order valence-electron chi connectivity index (χ1n) is 9.72. The van der Waals surface area contributed by atoms with Crippen molar-refractivity contribution in [2.45, 2.75) is 18.6 Å². The van der Waals surface area contributed by atoms with Gasteiger partial charge in [-0.3, -0.25) is 4.79 Å². The summed E-state index contributed by atoms with van der Waals surface area (Å²) < 4.78 is 10.3. The first-order chi connectivity index (χ1) is 14.6. The number of ether oxygens (including phenoxy) is 2. The molecule has 0 unspecified atom stereocenters. The lowest BCUT2D eigenvalue weighted by atomic mass is 10.00. The first kappa shape index (κ1) is 21.3. The van der Waals surface area contributed by atoms with Gasteiger partial charge in [0.2, 0.25) is 0 Å². The molecular formula is C25H25NO4. The maximum atomic E-state index is 12.8. The van der Waals surface area contributed by atoms with Crippen molar-refractivity contribution in [3.05, 3.63) is 96.1 Å². The Labute approximate surface area is 176 Å². The molecule has 3 aromatic rings. The normalized spacial score (nSPS) is 12.6. The van der Waals surface area contributed by atoms with E-state index >= 15 is 0 Å². The lowest BCUT2D eigenvalue weighted by Gasteiger charge is -2.21. The van der Waals surface area contributed by atoms with E-state index in [1.807, 2.05) is 84.9 Å². The highest BCUT2D eigenvalue weighted by molar-refractivity contribution is 5.88. The van der Waals surface area contributed by atoms with Crippen molar-refractivity contribution in [3.8, 4) is 11.1 Å². The molecule has 1 amide bonds. The van der Waals surface area contributed by atoms with E-state index in [2.05, 4.69) is 5.32 Å². The number of rotatable bonds is 8. The SMILES string of the molecule is COC(=O)[C@H](Cc1ccc(-c2ccccc2)cc1)NC(=O)[C@@H](OC)c1ccccc1. The van der Waals surface area contributed by atoms with E-state index < -0.39 is 18.1 Å². The monoisotopic (exact) mass is 403 g/mol. The van der Waals surface area contributed by atoms with Gasteiger partial charge in [0.15, 0.2) is 6.10 Å². The molecule has 0 aliphatic rings. The van der Waals surface area contributed by atoms with Crippen molar-refractivity contribution in [2.24, 2.45) is 0 Å². The summed E-state index contributed by atoms with van der Waals surface area (Å²) in [4.78, 5) is 25.1. The van der Waals surface area contributed by atoms with Crippen LogP contribution in [0.5, 0.6) is 0 Å². The maximum absolute atomic E-state index is 12.8. The Morgan fingerprint density at radius 1 is 0.800 bits per heavy atom. The van der Waals surface area contributed by atoms with Crippen LogP contribution in [0.15, 0.2) is 84.9 Å². The van der Waals surface area contributed by atoms with E-state index in [1.54, 1.807) is 0 Å². The van der Waals surface area contributed by atoms with Gasteiger partial charge in [-0.05, 0) is 22.3 Å². The van der Waals surface area contributed by atoms with Crippen molar-refractivity contribution >= 4 is 11.9 Å². The third-order valence-corrected chi connectivity index (χ3v) is 4.88. The van der Waals surface area contributed by atoms with E-state index in [-0.39, 0.29) is 5.91 Å². The van der Waals surface area contributed by atoms with Crippen molar-refractivity contribution < 1.29 is 19.1 Å². The number of hydrogen-bond acceptors (Lipinski definition) is 4. The maximum Gasteiger partial charge on any atom is 0.328 e. The second-order valence-electron chi connectivity index (χ2n) is 6.88. The number of hydrogen-bond donors (Lipinski definition) is 1. The zero-order valence-corrected chi connectivity index (χ0v) is 17.1. The standard InChI is InChI=1S/C25H25NO4/c1-29-23(21-11-7-4-8-12-21)24(27)26-22(25(28)30-2)17-18-13-15-20(16-14-18)19-9-5-3-6-10-19/h3-16,22-23H,17H2,1-2H3,(H,26,27)/t22-,23-/m0/s1. The molecule has 2 atom stereocenters. The molecule has 1 N–H and O–H groups in total. The summed E-state index contributed by atoms with van der Waals surface area (Å²) in [6.07, 6.45) is -0.488. The Hall–Kier alpha value is -3.44. The van der Waals surface area contributed by atoms with Gasteiger partial charge in [0, 0.05) is 13.5 Å². The zero-order valence-electron chi connectivity index (χ0n) is 17.1. The predicted octanol–water partition coefficient (Wildman–Crippen LogP) is 3.94. The van der Waals surface area contributed by atoms with Crippen molar-refractivity contribution in [3.63, 3.8) is 0 Å². The van der Waals surface area contributed by atoms with Crippen LogP contribution in [0, 0.1) is 0 Å². The van der Waals surface area contributed by atoms with E-state index in [9.17, 15) is 9.59 Å². The molecule has 0 aliphatic heterocycles. The van der Waals surface area contributed by atoms with Crippen LogP contribution in [-0.4, -0.2) is 32.1 Å². The lowest BCUT2D eigenvalue weighted by Crippen LogP contribution is -2.45. The summed E-state index contributed by atoms with van der Waals surface area (Å²) in [5.74, 6) is -0.890. The highest BCUT2D eigenvalue weighted by Gasteiger charge is 2.27. The summed E-state index contributed by atoms with van der Waals surface area (Å²) in [7, 11) is 2.78. The Morgan fingerprint density at radius 3 is 1.93 bits per heavy atom. The fourth-order valence-electron chi connectivity index (χ4n) is 3.30. The molecule has 0 fully saturated rings. The molecule has 0 aromatic heterocycles. The molecule has 3 rings (SSSR count). The van der Waals surface area contributed by atoms with Crippen molar-refractivity contribution in [2.75, 3.05) is 14.2 Å². The Bertz CT molecular complexity index is 955. The van der Waals surface area contributed by atoms with Gasteiger partial charge in [-0.2, -0.15) is 0 Å². The average Bonchev–Trinajstić information content (AvgIpc) is 2.80. The Kier molecular flexibility index (Phi) is 7.35. The van der Waals surface area contributed by atoms with E-state index in [1.165, 1.54) is 14.2 Å². The van der Waals surface area contributed by atoms with Crippen LogP contribution >= 0.6 is 0 Å². The molecule has 30 heavy (non-hydrogen) atoms. The highest BCUT2D eigenvalue weighted by Crippen LogP contribution is 2.20. The van der Waals surface area contributed by atoms with E-state index in [0.717, 1.165) is 16.7 Å². The van der Waals surface area contributed by atoms with E-state index in [4.69, 9.17) is 9.47 Å². The molecule has 0 saturated heterocycles. The number of esters is 1. The first-order valence-corrected chi connectivity index (χ1v) is 9.72. The summed E-state index contributed by atoms with van der Waals surface area (Å²) in [6.45, 7) is 0. The molecule has 0 radical (unpaired) electrons. The van der Waals surface area contributed by atoms with Crippen LogP contribution in [0.2, 0.25) is 0 Å². The van der Waals surface area contributed by atoms with Crippen LogP contribution in [0.3, 0.4) is 0 Å². The van der Waals surface area contributed by atoms with Crippen molar-refractivity contribution in [1.82, 2.24) is 5.32 Å². The number of methoxy groups -OCH3 is 2. The van der Waals surface area contributed by atoms with Gasteiger partial charge in [-0.25, -0.2) is 4.79 Å². The number of benzene rings is 3. The molecular weight excluding hydrogens is 378 g/mol. The fourth-order valence-corrected chi connectivity index (χ4v) is 3.30. The van der Waals surface area contributed by atoms with E-state index in [0.29, 0.717) is 12.0 Å². The average molecular weight is 403 g/mol. The van der Waals surface area contributed by atoms with Gasteiger partial charge >= 0.3 is 5.97 Å². The van der Waals surface area contributed by atoms with Crippen LogP contribution in [-0.2, 0) is 25.5 Å². The highest BCUT2D eigenvalue weighted by atomic mass is 16.5. The van der Waals surface area contributed by atoms with Crippen LogP contribution < -0.4 is 5.32 Å². The number of nitrogens with one attached hydrogen (secondary N) is 1. The Balaban J connectivity index is 1.73. The summed E-state index contributed by atoms with van der Waals surface area (Å²) >= 11 is 0. The largest absolute Gasteiger partial charge is 0.467 e. The third kappa shape index (κ3) is 5.33. The van der Waals surface area contributed by atoms with Gasteiger partial charge < -0.3 is 14.8 Å². The minimum Gasteiger partial charge on any atom is -0.467 e. The molecule has 3 aromatic carbocycles. The number of amides is 1. The number of carbonyl (C=O) groups excluding carboxylic acids is 2. The van der Waals surface area contributed by atoms with Gasteiger partial charge in [0.05, 0.1) is 7.11 Å². The van der Waals surface area contributed by atoms with Gasteiger partial charge in [0.25, 0.3) is 5.91 Å². The second kappa shape index (κ2) is 10.4. The molecule has 154 valence electrons. The van der Waals surface area contributed by atoms with Crippen molar-refractivity contribution in [1.29, 1.82) is 0 Å². The molecule has 5 nitrogen and oxygen atoms in total. The molecule has 0 saturated carbocycles. The quantitative estimate of drug-likeness (QED) is 0.579. The lowest BCUT2D eigenvalue weighted by molar-refractivity contribution is -0.146. The molecule has 0 aliphatic carbocycles. The molecule has 5 heteroatoms. The topological polar surface area (TPSA) is 64.6 Å². The molecule has 0 bridgehead atoms. The smallest absolute Gasteiger partial charge is 0.328 e. The molecule has 0 spiro atoms. The van der Waals surface area contributed by atoms with Crippen LogP contribution in [0.1, 0.15) is 17.2 Å². The summed E-state index contributed by atoms with van der Waals surface area (Å²) in [5, 5.41) is 2.77. The second-order valence-corrected chi connectivity index (χ2v) is 6.88. The Morgan fingerprint density at radius 2 is 1.37 bits per heavy atom. The van der Waals surface area contributed by atoms with Crippen LogP contribution in [0.4, 0.5) is 0 Å². The predicted molar refractivity (Wildman–Crippen MR) is 116 cm³/mol. The zero-order chi connectivity index (χ0) is 21.3. The summed E-state index contributed by atoms with van der Waals surface area (Å²) in [5.41, 5.74) is 3.83.